The van der Waals surface area contributed by atoms with Gasteiger partial charge in [-0.2, -0.15) is 4.98 Å². The largest absolute Gasteiger partial charge is 0.370 e. The Kier molecular flexibility index (Phi) is 4.25. The number of nitrogens with one attached hydrogen (secondary N) is 2. The van der Waals surface area contributed by atoms with Crippen molar-refractivity contribution in [1.29, 1.82) is 0 Å². The summed E-state index contributed by atoms with van der Waals surface area (Å²) in [6.07, 6.45) is 8.80. The third kappa shape index (κ3) is 3.66. The van der Waals surface area contributed by atoms with E-state index in [9.17, 15) is 0 Å². The molecule has 0 unspecified atom stereocenters. The van der Waals surface area contributed by atoms with E-state index in [4.69, 9.17) is 5.73 Å². The smallest absolute Gasteiger partial charge is 0.229 e. The summed E-state index contributed by atoms with van der Waals surface area (Å²) >= 11 is 0. The molecule has 110 valence electrons. The Labute approximate surface area is 124 Å². The lowest BCUT2D eigenvalue weighted by Gasteiger charge is -2.12. The van der Waals surface area contributed by atoms with Crippen LogP contribution in [0.3, 0.4) is 0 Å². The first-order valence-corrected chi connectivity index (χ1v) is 7.35. The summed E-state index contributed by atoms with van der Waals surface area (Å²) in [4.78, 5) is 13.1. The molecule has 1 aliphatic carbocycles. The van der Waals surface area contributed by atoms with Crippen LogP contribution in [0.15, 0.2) is 30.7 Å². The van der Waals surface area contributed by atoms with Crippen LogP contribution in [0.5, 0.6) is 0 Å². The minimum absolute atomic E-state index is 0.586. The quantitative estimate of drug-likeness (QED) is 0.676. The van der Waals surface area contributed by atoms with E-state index in [1.807, 2.05) is 18.3 Å². The van der Waals surface area contributed by atoms with Gasteiger partial charge in [0.05, 0.1) is 11.9 Å². The van der Waals surface area contributed by atoms with Crippen molar-refractivity contribution in [2.75, 3.05) is 23.7 Å². The van der Waals surface area contributed by atoms with Crippen molar-refractivity contribution in [3.8, 4) is 0 Å². The molecule has 6 nitrogen and oxygen atoms in total. The minimum atomic E-state index is 0.586. The standard InChI is InChI=1S/C15H20N6/c16-6-2-8-18-14-13(11-4-5-11)10-19-15(21-14)20-12-3-1-7-17-9-12/h1,3,7,9-11H,2,4-6,8,16H2,(H2,18,19,20,21). The summed E-state index contributed by atoms with van der Waals surface area (Å²) in [5.41, 5.74) is 7.63. The number of rotatable bonds is 7. The first-order valence-electron chi connectivity index (χ1n) is 7.35. The average Bonchev–Trinajstić information content (AvgIpc) is 3.34. The van der Waals surface area contributed by atoms with Crippen molar-refractivity contribution >= 4 is 17.5 Å². The first-order chi connectivity index (χ1) is 10.4. The number of hydrogen-bond acceptors (Lipinski definition) is 6. The van der Waals surface area contributed by atoms with Crippen LogP contribution in [0, 0.1) is 0 Å². The van der Waals surface area contributed by atoms with Gasteiger partial charge in [0.2, 0.25) is 5.95 Å². The molecule has 2 aromatic rings. The Balaban J connectivity index is 1.76. The van der Waals surface area contributed by atoms with Gasteiger partial charge in [0.1, 0.15) is 5.82 Å². The van der Waals surface area contributed by atoms with Gasteiger partial charge in [0, 0.05) is 24.5 Å². The van der Waals surface area contributed by atoms with Gasteiger partial charge in [-0.05, 0) is 43.9 Å². The Morgan fingerprint density at radius 3 is 2.90 bits per heavy atom. The Morgan fingerprint density at radius 1 is 1.29 bits per heavy atom. The number of pyridine rings is 1. The molecule has 4 N–H and O–H groups in total. The second-order valence-electron chi connectivity index (χ2n) is 5.21. The van der Waals surface area contributed by atoms with Crippen molar-refractivity contribution < 1.29 is 0 Å². The highest BCUT2D eigenvalue weighted by molar-refractivity contribution is 5.56. The molecule has 0 bridgehead atoms. The van der Waals surface area contributed by atoms with Gasteiger partial charge in [-0.25, -0.2) is 4.98 Å². The maximum Gasteiger partial charge on any atom is 0.229 e. The Bertz CT molecular complexity index is 582. The molecule has 2 aromatic heterocycles. The van der Waals surface area contributed by atoms with E-state index in [1.165, 1.54) is 18.4 Å². The van der Waals surface area contributed by atoms with Gasteiger partial charge in [-0.15, -0.1) is 0 Å². The fourth-order valence-electron chi connectivity index (χ4n) is 2.16. The second-order valence-corrected chi connectivity index (χ2v) is 5.21. The van der Waals surface area contributed by atoms with Crippen LogP contribution in [0.25, 0.3) is 0 Å². The molecule has 1 aliphatic rings. The maximum atomic E-state index is 5.54. The molecule has 0 atom stereocenters. The SMILES string of the molecule is NCCCNc1nc(Nc2cccnc2)ncc1C1CC1. The molecule has 1 fully saturated rings. The molecule has 3 rings (SSSR count). The third-order valence-corrected chi connectivity index (χ3v) is 3.43. The molecule has 21 heavy (non-hydrogen) atoms. The highest BCUT2D eigenvalue weighted by Gasteiger charge is 2.27. The van der Waals surface area contributed by atoms with Gasteiger partial charge in [0.25, 0.3) is 0 Å². The van der Waals surface area contributed by atoms with Crippen LogP contribution >= 0.6 is 0 Å². The Hall–Kier alpha value is -2.21. The Morgan fingerprint density at radius 2 is 2.19 bits per heavy atom. The van der Waals surface area contributed by atoms with Gasteiger partial charge < -0.3 is 16.4 Å². The molecule has 0 amide bonds. The van der Waals surface area contributed by atoms with Crippen LogP contribution in [0.1, 0.15) is 30.7 Å². The average molecular weight is 284 g/mol. The molecule has 1 saturated carbocycles. The first kappa shape index (κ1) is 13.8. The summed E-state index contributed by atoms with van der Waals surface area (Å²) in [6, 6.07) is 3.81. The number of nitrogens with zero attached hydrogens (tertiary/aromatic N) is 3. The van der Waals surface area contributed by atoms with E-state index >= 15 is 0 Å². The third-order valence-electron chi connectivity index (χ3n) is 3.43. The predicted octanol–water partition coefficient (Wildman–Crippen LogP) is 2.25. The van der Waals surface area contributed by atoms with E-state index in [1.54, 1.807) is 12.4 Å². The number of nitrogens with two attached hydrogens (primary N) is 1. The van der Waals surface area contributed by atoms with Crippen LogP contribution < -0.4 is 16.4 Å². The fourth-order valence-corrected chi connectivity index (χ4v) is 2.16. The van der Waals surface area contributed by atoms with Gasteiger partial charge in [-0.3, -0.25) is 4.98 Å². The zero-order valence-electron chi connectivity index (χ0n) is 11.9. The van der Waals surface area contributed by atoms with Crippen molar-refractivity contribution in [2.45, 2.75) is 25.2 Å². The molecule has 0 aliphatic heterocycles. The van der Waals surface area contributed by atoms with E-state index < -0.39 is 0 Å². The fraction of sp³-hybridized carbons (Fsp3) is 0.400. The second kappa shape index (κ2) is 6.49. The molecule has 0 spiro atoms. The normalized spacial score (nSPS) is 14.0. The predicted molar refractivity (Wildman–Crippen MR) is 83.7 cm³/mol. The minimum Gasteiger partial charge on any atom is -0.370 e. The summed E-state index contributed by atoms with van der Waals surface area (Å²) in [5.74, 6) is 2.12. The highest BCUT2D eigenvalue weighted by Crippen LogP contribution is 2.42. The number of anilines is 3. The zero-order chi connectivity index (χ0) is 14.5. The lowest BCUT2D eigenvalue weighted by molar-refractivity contribution is 0.865. The van der Waals surface area contributed by atoms with E-state index in [2.05, 4.69) is 25.6 Å². The van der Waals surface area contributed by atoms with Crippen molar-refractivity contribution in [3.63, 3.8) is 0 Å². The summed E-state index contributed by atoms with van der Waals surface area (Å²) < 4.78 is 0. The zero-order valence-corrected chi connectivity index (χ0v) is 11.9. The van der Waals surface area contributed by atoms with Crippen LogP contribution in [0.2, 0.25) is 0 Å². The van der Waals surface area contributed by atoms with Crippen molar-refractivity contribution in [1.82, 2.24) is 15.0 Å². The molecule has 6 heteroatoms. The molecule has 0 radical (unpaired) electrons. The lowest BCUT2D eigenvalue weighted by Crippen LogP contribution is -2.12. The van der Waals surface area contributed by atoms with Gasteiger partial charge in [0.15, 0.2) is 0 Å². The molecule has 0 saturated heterocycles. The van der Waals surface area contributed by atoms with E-state index in [0.717, 1.165) is 24.5 Å². The summed E-state index contributed by atoms with van der Waals surface area (Å²) in [5, 5.41) is 6.55. The molecule has 2 heterocycles. The number of hydrogen-bond donors (Lipinski definition) is 3. The topological polar surface area (TPSA) is 88.8 Å². The molecular weight excluding hydrogens is 264 g/mol. The maximum absolute atomic E-state index is 5.54. The number of aromatic nitrogens is 3. The van der Waals surface area contributed by atoms with Gasteiger partial charge in [-0.1, -0.05) is 0 Å². The molecule has 0 aromatic carbocycles. The highest BCUT2D eigenvalue weighted by atomic mass is 15.1. The molecular formula is C15H20N6. The van der Waals surface area contributed by atoms with E-state index in [0.29, 0.717) is 18.4 Å². The van der Waals surface area contributed by atoms with Crippen molar-refractivity contribution in [2.24, 2.45) is 5.73 Å². The van der Waals surface area contributed by atoms with E-state index in [-0.39, 0.29) is 0 Å². The van der Waals surface area contributed by atoms with Crippen LogP contribution in [0.4, 0.5) is 17.5 Å². The monoisotopic (exact) mass is 284 g/mol. The summed E-state index contributed by atoms with van der Waals surface area (Å²) in [7, 11) is 0. The van der Waals surface area contributed by atoms with Crippen molar-refractivity contribution in [3.05, 3.63) is 36.3 Å². The lowest BCUT2D eigenvalue weighted by atomic mass is 10.2. The van der Waals surface area contributed by atoms with Crippen LogP contribution in [-0.2, 0) is 0 Å². The van der Waals surface area contributed by atoms with Gasteiger partial charge >= 0.3 is 0 Å². The summed E-state index contributed by atoms with van der Waals surface area (Å²) in [6.45, 7) is 1.51. The van der Waals surface area contributed by atoms with Crippen LogP contribution in [-0.4, -0.2) is 28.0 Å².